The van der Waals surface area contributed by atoms with Gasteiger partial charge >= 0.3 is 6.01 Å². The first-order valence-corrected chi connectivity index (χ1v) is 5.60. The van der Waals surface area contributed by atoms with Gasteiger partial charge in [0.05, 0.1) is 13.3 Å². The van der Waals surface area contributed by atoms with Crippen LogP contribution in [0.15, 0.2) is 59.4 Å². The van der Waals surface area contributed by atoms with E-state index in [1.807, 2.05) is 53.4 Å². The lowest BCUT2D eigenvalue weighted by atomic mass is 10.2. The monoisotopic (exact) mass is 240 g/mol. The number of nitrogens with zero attached hydrogens (tertiary/aromatic N) is 2. The molecule has 0 aliphatic rings. The van der Waals surface area contributed by atoms with Gasteiger partial charge in [-0.05, 0) is 36.4 Å². The third-order valence-electron chi connectivity index (χ3n) is 2.69. The summed E-state index contributed by atoms with van der Waals surface area (Å²) in [4.78, 5) is 4.24. The number of methoxy groups -OCH3 is 1. The Hall–Kier alpha value is -2.49. The summed E-state index contributed by atoms with van der Waals surface area (Å²) < 4.78 is 12.6. The van der Waals surface area contributed by atoms with Gasteiger partial charge in [0.2, 0.25) is 0 Å². The van der Waals surface area contributed by atoms with E-state index in [4.69, 9.17) is 9.15 Å². The molecule has 2 heterocycles. The lowest BCUT2D eigenvalue weighted by molar-refractivity contribution is 0.415. The van der Waals surface area contributed by atoms with Gasteiger partial charge in [0.15, 0.2) is 5.76 Å². The second kappa shape index (κ2) is 4.41. The molecule has 90 valence electrons. The van der Waals surface area contributed by atoms with Crippen molar-refractivity contribution < 1.29 is 9.15 Å². The van der Waals surface area contributed by atoms with Crippen molar-refractivity contribution in [3.05, 3.63) is 55.0 Å². The van der Waals surface area contributed by atoms with E-state index in [9.17, 15) is 0 Å². The summed E-state index contributed by atoms with van der Waals surface area (Å²) in [5.41, 5.74) is 0.974. The molecule has 0 aliphatic carbocycles. The minimum absolute atomic E-state index is 0.561. The van der Waals surface area contributed by atoms with Gasteiger partial charge in [0.25, 0.3) is 0 Å². The minimum atomic E-state index is 0.561. The molecule has 0 atom stereocenters. The maximum atomic E-state index is 5.70. The van der Waals surface area contributed by atoms with Crippen molar-refractivity contribution in [1.29, 1.82) is 0 Å². The van der Waals surface area contributed by atoms with Gasteiger partial charge in [-0.25, -0.2) is 4.98 Å². The third kappa shape index (κ3) is 1.88. The van der Waals surface area contributed by atoms with Crippen molar-refractivity contribution in [2.75, 3.05) is 7.11 Å². The second-order valence-electron chi connectivity index (χ2n) is 3.83. The van der Waals surface area contributed by atoms with E-state index in [0.717, 1.165) is 17.1 Å². The minimum Gasteiger partial charge on any atom is -0.497 e. The van der Waals surface area contributed by atoms with Crippen LogP contribution in [-0.2, 0) is 0 Å². The molecule has 0 fully saturated rings. The van der Waals surface area contributed by atoms with Crippen LogP contribution in [0.4, 0.5) is 0 Å². The van der Waals surface area contributed by atoms with Crippen LogP contribution in [0.5, 0.6) is 5.75 Å². The summed E-state index contributed by atoms with van der Waals surface area (Å²) in [5, 5.41) is 0. The SMILES string of the molecule is COc1ccc(-c2cnc(-n3cccc3)o2)cc1. The van der Waals surface area contributed by atoms with E-state index in [1.54, 1.807) is 13.3 Å². The highest BCUT2D eigenvalue weighted by atomic mass is 16.5. The predicted octanol–water partition coefficient (Wildman–Crippen LogP) is 3.14. The van der Waals surface area contributed by atoms with Gasteiger partial charge in [-0.15, -0.1) is 0 Å². The van der Waals surface area contributed by atoms with Crippen molar-refractivity contribution in [3.8, 4) is 23.1 Å². The zero-order chi connectivity index (χ0) is 12.4. The molecule has 0 aliphatic heterocycles. The first-order chi connectivity index (χ1) is 8.86. The summed E-state index contributed by atoms with van der Waals surface area (Å²) in [6.07, 6.45) is 5.50. The van der Waals surface area contributed by atoms with Crippen molar-refractivity contribution in [2.45, 2.75) is 0 Å². The molecule has 2 aromatic heterocycles. The fourth-order valence-corrected chi connectivity index (χ4v) is 1.74. The van der Waals surface area contributed by atoms with Crippen molar-refractivity contribution >= 4 is 0 Å². The fourth-order valence-electron chi connectivity index (χ4n) is 1.74. The summed E-state index contributed by atoms with van der Waals surface area (Å²) in [7, 11) is 1.65. The van der Waals surface area contributed by atoms with E-state index in [1.165, 1.54) is 0 Å². The average Bonchev–Trinajstić information content (AvgIpc) is 3.09. The number of oxazole rings is 1. The highest BCUT2D eigenvalue weighted by Crippen LogP contribution is 2.24. The number of rotatable bonds is 3. The lowest BCUT2D eigenvalue weighted by Crippen LogP contribution is -1.87. The summed E-state index contributed by atoms with van der Waals surface area (Å²) >= 11 is 0. The molecule has 0 saturated carbocycles. The van der Waals surface area contributed by atoms with E-state index < -0.39 is 0 Å². The molecule has 0 radical (unpaired) electrons. The Labute approximate surface area is 104 Å². The molecule has 3 rings (SSSR count). The quantitative estimate of drug-likeness (QED) is 0.706. The number of ether oxygens (including phenoxy) is 1. The molecule has 18 heavy (non-hydrogen) atoms. The summed E-state index contributed by atoms with van der Waals surface area (Å²) in [6.45, 7) is 0. The van der Waals surface area contributed by atoms with Crippen LogP contribution in [0.25, 0.3) is 17.3 Å². The molecule has 3 aromatic rings. The molecule has 0 bridgehead atoms. The average molecular weight is 240 g/mol. The Morgan fingerprint density at radius 2 is 1.83 bits per heavy atom. The fraction of sp³-hybridized carbons (Fsp3) is 0.0714. The van der Waals surface area contributed by atoms with Gasteiger partial charge in [0.1, 0.15) is 5.75 Å². The molecular formula is C14H12N2O2. The second-order valence-corrected chi connectivity index (χ2v) is 3.83. The van der Waals surface area contributed by atoms with Crippen LogP contribution in [0.2, 0.25) is 0 Å². The van der Waals surface area contributed by atoms with E-state index in [2.05, 4.69) is 4.98 Å². The molecule has 4 heteroatoms. The Morgan fingerprint density at radius 1 is 1.11 bits per heavy atom. The zero-order valence-corrected chi connectivity index (χ0v) is 9.91. The largest absolute Gasteiger partial charge is 0.497 e. The standard InChI is InChI=1S/C14H12N2O2/c1-17-12-6-4-11(5-7-12)13-10-15-14(18-13)16-8-2-3-9-16/h2-10H,1H3. The summed E-state index contributed by atoms with van der Waals surface area (Å²) in [6, 6.07) is 12.1. The third-order valence-corrected chi connectivity index (χ3v) is 2.69. The van der Waals surface area contributed by atoms with Crippen LogP contribution >= 0.6 is 0 Å². The Morgan fingerprint density at radius 3 is 2.50 bits per heavy atom. The van der Waals surface area contributed by atoms with Gasteiger partial charge in [0, 0.05) is 18.0 Å². The molecule has 0 saturated heterocycles. The van der Waals surface area contributed by atoms with Crippen LogP contribution in [0.1, 0.15) is 0 Å². The maximum absolute atomic E-state index is 5.70. The molecule has 4 nitrogen and oxygen atoms in total. The maximum Gasteiger partial charge on any atom is 0.306 e. The van der Waals surface area contributed by atoms with Crippen LogP contribution in [0.3, 0.4) is 0 Å². The number of hydrogen-bond donors (Lipinski definition) is 0. The Kier molecular flexibility index (Phi) is 2.61. The zero-order valence-electron chi connectivity index (χ0n) is 9.91. The van der Waals surface area contributed by atoms with Crippen LogP contribution in [-0.4, -0.2) is 16.7 Å². The molecular weight excluding hydrogens is 228 g/mol. The number of benzene rings is 1. The smallest absolute Gasteiger partial charge is 0.306 e. The van der Waals surface area contributed by atoms with E-state index >= 15 is 0 Å². The topological polar surface area (TPSA) is 40.2 Å². The van der Waals surface area contributed by atoms with Crippen molar-refractivity contribution in [2.24, 2.45) is 0 Å². The van der Waals surface area contributed by atoms with Crippen molar-refractivity contribution in [3.63, 3.8) is 0 Å². The van der Waals surface area contributed by atoms with E-state index in [-0.39, 0.29) is 0 Å². The molecule has 0 N–H and O–H groups in total. The number of aromatic nitrogens is 2. The highest BCUT2D eigenvalue weighted by Gasteiger charge is 2.07. The Balaban J connectivity index is 1.92. The highest BCUT2D eigenvalue weighted by molar-refractivity contribution is 5.57. The Bertz CT molecular complexity index is 624. The number of hydrogen-bond acceptors (Lipinski definition) is 3. The molecule has 0 amide bonds. The van der Waals surface area contributed by atoms with Crippen molar-refractivity contribution in [1.82, 2.24) is 9.55 Å². The lowest BCUT2D eigenvalue weighted by Gasteiger charge is -2.00. The predicted molar refractivity (Wildman–Crippen MR) is 67.8 cm³/mol. The normalized spacial score (nSPS) is 10.5. The summed E-state index contributed by atoms with van der Waals surface area (Å²) in [5.74, 6) is 1.56. The first-order valence-electron chi connectivity index (χ1n) is 5.60. The van der Waals surface area contributed by atoms with Gasteiger partial charge < -0.3 is 9.15 Å². The van der Waals surface area contributed by atoms with Crippen LogP contribution < -0.4 is 4.74 Å². The molecule has 0 unspecified atom stereocenters. The molecule has 0 spiro atoms. The van der Waals surface area contributed by atoms with Gasteiger partial charge in [-0.3, -0.25) is 4.57 Å². The first kappa shape index (κ1) is 10.7. The van der Waals surface area contributed by atoms with Gasteiger partial charge in [-0.1, -0.05) is 0 Å². The molecule has 1 aromatic carbocycles. The van der Waals surface area contributed by atoms with Gasteiger partial charge in [-0.2, -0.15) is 0 Å². The van der Waals surface area contributed by atoms with E-state index in [0.29, 0.717) is 6.01 Å². The van der Waals surface area contributed by atoms with Crippen LogP contribution in [0, 0.1) is 0 Å².